The number of aliphatic carboxylic acids is 1. The van der Waals surface area contributed by atoms with E-state index in [-0.39, 0.29) is 20.9 Å². The number of nitrogens with one attached hydrogen (secondary N) is 1. The van der Waals surface area contributed by atoms with Crippen LogP contribution in [0, 0.1) is 6.92 Å². The Labute approximate surface area is 197 Å². The fourth-order valence-electron chi connectivity index (χ4n) is 3.43. The number of thioether (sulfide) groups is 1. The van der Waals surface area contributed by atoms with Crippen LogP contribution in [0.25, 0.3) is 0 Å². The van der Waals surface area contributed by atoms with Gasteiger partial charge in [0.1, 0.15) is 27.6 Å². The molecule has 0 unspecified atom stereocenters. The Balaban J connectivity index is 1.53. The van der Waals surface area contributed by atoms with E-state index in [9.17, 15) is 24.7 Å². The van der Waals surface area contributed by atoms with Crippen molar-refractivity contribution in [2.24, 2.45) is 5.16 Å². The summed E-state index contributed by atoms with van der Waals surface area (Å²) >= 11 is 9.18. The number of nitrogens with two attached hydrogens (primary N) is 1. The van der Waals surface area contributed by atoms with E-state index in [2.05, 4.69) is 24.8 Å². The number of hydrogen-bond acceptors (Lipinski definition) is 12. The minimum Gasteiger partial charge on any atom is -0.477 e. The van der Waals surface area contributed by atoms with Crippen LogP contribution in [0.3, 0.4) is 0 Å². The third kappa shape index (κ3) is 3.92. The molecule has 0 saturated carbocycles. The monoisotopic (exact) mass is 515 g/mol. The van der Waals surface area contributed by atoms with Gasteiger partial charge in [0.05, 0.1) is 6.04 Å². The third-order valence-corrected chi connectivity index (χ3v) is 7.81. The molecule has 2 aliphatic heterocycles. The van der Waals surface area contributed by atoms with Crippen molar-refractivity contribution in [2.45, 2.75) is 36.2 Å². The van der Waals surface area contributed by atoms with Crippen molar-refractivity contribution in [2.75, 3.05) is 5.73 Å². The number of halogens is 1. The molecular formula is C16H14ClN7O5S3. The van der Waals surface area contributed by atoms with Gasteiger partial charge in [-0.1, -0.05) is 39.9 Å². The zero-order valence-corrected chi connectivity index (χ0v) is 19.3. The predicted octanol–water partition coefficient (Wildman–Crippen LogP) is 1.29. The number of thiazole rings is 1. The molecule has 1 fully saturated rings. The average molecular weight is 516 g/mol. The normalized spacial score (nSPS) is 20.8. The third-order valence-electron chi connectivity index (χ3n) is 4.74. The van der Waals surface area contributed by atoms with Gasteiger partial charge in [0, 0.05) is 4.91 Å². The first-order valence-corrected chi connectivity index (χ1v) is 11.7. The molecule has 32 heavy (non-hydrogen) atoms. The molecule has 12 nitrogen and oxygen atoms in total. The Bertz CT molecular complexity index is 1190. The number of allylic oxidation sites excluding steroid dienone is 1. The zero-order chi connectivity index (χ0) is 23.2. The number of rotatable bonds is 6. The number of carbonyl (C=O) groups is 3. The van der Waals surface area contributed by atoms with Gasteiger partial charge >= 0.3 is 5.97 Å². The van der Waals surface area contributed by atoms with Crippen molar-refractivity contribution >= 4 is 74.9 Å². The number of carboxylic acid groups (broad SMARTS) is 1. The molecule has 2 amide bonds. The summed E-state index contributed by atoms with van der Waals surface area (Å²) in [5, 5.41) is 24.5. The molecule has 0 aliphatic carbocycles. The lowest BCUT2D eigenvalue weighted by Crippen LogP contribution is -2.72. The molecule has 5 N–H and O–H groups in total. The largest absolute Gasteiger partial charge is 0.477 e. The van der Waals surface area contributed by atoms with Crippen LogP contribution in [0.15, 0.2) is 20.1 Å². The number of nitrogen functional groups attached to an aromatic ring is 1. The van der Waals surface area contributed by atoms with Crippen LogP contribution in [0.1, 0.15) is 24.4 Å². The number of anilines is 1. The van der Waals surface area contributed by atoms with E-state index in [1.54, 1.807) is 6.92 Å². The second kappa shape index (κ2) is 8.65. The van der Waals surface area contributed by atoms with Crippen molar-refractivity contribution < 1.29 is 24.7 Å². The molecule has 0 aromatic carbocycles. The van der Waals surface area contributed by atoms with E-state index in [0.717, 1.165) is 27.8 Å². The minimum atomic E-state index is -1.25. The molecule has 168 valence electrons. The molecule has 4 rings (SSSR count). The van der Waals surface area contributed by atoms with Crippen LogP contribution in [-0.4, -0.2) is 65.1 Å². The number of hydrogen-bond donors (Lipinski definition) is 4. The smallest absolute Gasteiger partial charge is 0.353 e. The van der Waals surface area contributed by atoms with Crippen LogP contribution in [0.5, 0.6) is 0 Å². The maximum atomic E-state index is 12.8. The maximum absolute atomic E-state index is 12.8. The van der Waals surface area contributed by atoms with Crippen LogP contribution < -0.4 is 11.1 Å². The molecule has 2 aromatic rings. The number of aromatic nitrogens is 3. The summed E-state index contributed by atoms with van der Waals surface area (Å²) in [6.07, 6.45) is 0.796. The van der Waals surface area contributed by atoms with Crippen molar-refractivity contribution in [3.63, 3.8) is 0 Å². The number of carboxylic acids is 1. The Hall–Kier alpha value is -2.75. The highest BCUT2D eigenvalue weighted by Crippen LogP contribution is 2.43. The fraction of sp³-hybridized carbons (Fsp3) is 0.312. The number of nitrogens with zero attached hydrogens (tertiary/aromatic N) is 5. The number of carbonyl (C=O) groups excluding carboxylic acids is 2. The van der Waals surface area contributed by atoms with Crippen molar-refractivity contribution in [3.05, 3.63) is 26.5 Å². The quantitative estimate of drug-likeness (QED) is 0.189. The SMILES string of the molecule is Cc1nsc(SC2=C(C(=O)O)N3C(=O)[C@@H](NC(=O)/C(=N\O)c4nc(N)sc4Cl)[C@H]3CC2)n1. The van der Waals surface area contributed by atoms with Crippen LogP contribution in [0.4, 0.5) is 5.13 Å². The summed E-state index contributed by atoms with van der Waals surface area (Å²) in [5.41, 5.74) is 4.81. The van der Waals surface area contributed by atoms with Gasteiger partial charge in [0.2, 0.25) is 0 Å². The van der Waals surface area contributed by atoms with E-state index >= 15 is 0 Å². The van der Waals surface area contributed by atoms with Crippen LogP contribution in [-0.2, 0) is 14.4 Å². The van der Waals surface area contributed by atoms with E-state index in [4.69, 9.17) is 17.3 Å². The van der Waals surface area contributed by atoms with E-state index in [1.807, 2.05) is 0 Å². The topological polar surface area (TPSA) is 184 Å². The highest BCUT2D eigenvalue weighted by molar-refractivity contribution is 8.04. The molecule has 2 atom stereocenters. The molecule has 2 aliphatic rings. The molecule has 4 heterocycles. The summed E-state index contributed by atoms with van der Waals surface area (Å²) in [6.45, 7) is 1.73. The molecular weight excluding hydrogens is 502 g/mol. The highest BCUT2D eigenvalue weighted by atomic mass is 35.5. The zero-order valence-electron chi connectivity index (χ0n) is 16.1. The first-order valence-electron chi connectivity index (χ1n) is 8.94. The lowest BCUT2D eigenvalue weighted by Gasteiger charge is -2.49. The van der Waals surface area contributed by atoms with Gasteiger partial charge < -0.3 is 21.4 Å². The summed E-state index contributed by atoms with van der Waals surface area (Å²) in [4.78, 5) is 47.1. The highest BCUT2D eigenvalue weighted by Gasteiger charge is 2.54. The number of amides is 2. The van der Waals surface area contributed by atoms with Gasteiger partial charge in [-0.15, -0.1) is 0 Å². The van der Waals surface area contributed by atoms with Crippen LogP contribution in [0.2, 0.25) is 4.34 Å². The van der Waals surface area contributed by atoms with Gasteiger partial charge in [-0.25, -0.2) is 14.8 Å². The molecule has 1 saturated heterocycles. The molecule has 2 aromatic heterocycles. The summed E-state index contributed by atoms with van der Waals surface area (Å²) in [7, 11) is 0. The Kier molecular flexibility index (Phi) is 6.07. The number of β-lactam (4-membered cyclic amide) rings is 1. The summed E-state index contributed by atoms with van der Waals surface area (Å²) < 4.78 is 4.71. The van der Waals surface area contributed by atoms with Crippen molar-refractivity contribution in [1.82, 2.24) is 24.6 Å². The second-order valence-electron chi connectivity index (χ2n) is 6.67. The number of fused-ring (bicyclic) bond motifs is 1. The summed E-state index contributed by atoms with van der Waals surface area (Å²) in [5.74, 6) is -2.15. The predicted molar refractivity (Wildman–Crippen MR) is 117 cm³/mol. The Morgan fingerprint density at radius 3 is 2.72 bits per heavy atom. The Morgan fingerprint density at radius 2 is 2.16 bits per heavy atom. The maximum Gasteiger partial charge on any atom is 0.353 e. The lowest BCUT2D eigenvalue weighted by atomic mass is 9.86. The van der Waals surface area contributed by atoms with Gasteiger partial charge in [-0.3, -0.25) is 14.5 Å². The van der Waals surface area contributed by atoms with E-state index < -0.39 is 35.6 Å². The molecule has 16 heteroatoms. The van der Waals surface area contributed by atoms with Crippen molar-refractivity contribution in [1.29, 1.82) is 0 Å². The fourth-order valence-corrected chi connectivity index (χ4v) is 6.23. The first kappa shape index (κ1) is 22.4. The van der Waals surface area contributed by atoms with Gasteiger partial charge in [0.25, 0.3) is 11.8 Å². The minimum absolute atomic E-state index is 0.0503. The first-order chi connectivity index (χ1) is 15.2. The van der Waals surface area contributed by atoms with Gasteiger partial charge in [-0.2, -0.15) is 4.37 Å². The van der Waals surface area contributed by atoms with Crippen molar-refractivity contribution in [3.8, 4) is 0 Å². The molecule has 0 bridgehead atoms. The molecule has 0 spiro atoms. The van der Waals surface area contributed by atoms with Crippen LogP contribution >= 0.6 is 46.2 Å². The van der Waals surface area contributed by atoms with E-state index in [1.165, 1.54) is 11.8 Å². The standard InChI is InChI=1S/C16H14ClN7O5S3/c1-4-19-16(32-23-4)30-6-3-2-5-7(13(26)24(5)10(6)14(27)28)20-12(25)9(22-29)8-11(17)31-15(18)21-8/h5,7,29H,2-3H2,1H3,(H2,18,21)(H,20,25)(H,27,28)/b22-9-/t5-,7+/m1/s1. The number of aryl methyl sites for hydroxylation is 1. The lowest BCUT2D eigenvalue weighted by molar-refractivity contribution is -0.155. The second-order valence-corrected chi connectivity index (χ2v) is 10.4. The average Bonchev–Trinajstić information content (AvgIpc) is 3.30. The molecule has 0 radical (unpaired) electrons. The van der Waals surface area contributed by atoms with Gasteiger partial charge in [-0.05, 0) is 31.3 Å². The van der Waals surface area contributed by atoms with Gasteiger partial charge in [0.15, 0.2) is 15.2 Å². The number of oxime groups is 1. The summed E-state index contributed by atoms with van der Waals surface area (Å²) in [6, 6.07) is -1.55. The Morgan fingerprint density at radius 1 is 1.41 bits per heavy atom. The van der Waals surface area contributed by atoms with E-state index in [0.29, 0.717) is 27.9 Å².